The average molecular weight is 420 g/mol. The van der Waals surface area contributed by atoms with Crippen LogP contribution in [0.5, 0.6) is 0 Å². The van der Waals surface area contributed by atoms with Crippen LogP contribution in [0.4, 0.5) is 0 Å². The molecule has 2 fully saturated rings. The molecule has 0 aliphatic heterocycles. The molecule has 0 unspecified atom stereocenters. The molecule has 1 heterocycles. The average Bonchev–Trinajstić information content (AvgIpc) is 3.31. The van der Waals surface area contributed by atoms with Gasteiger partial charge in [-0.2, -0.15) is 0 Å². The molecule has 21 heavy (non-hydrogen) atoms. The SMILES string of the molecule is CN=C(NCC1(C2CC2)CC1)N(C)Cc1csc(C)n1.I. The van der Waals surface area contributed by atoms with Crippen LogP contribution >= 0.6 is 35.3 Å². The highest BCUT2D eigenvalue weighted by Crippen LogP contribution is 2.60. The molecule has 0 spiro atoms. The van der Waals surface area contributed by atoms with E-state index in [9.17, 15) is 0 Å². The molecule has 1 aromatic heterocycles. The number of thiazole rings is 1. The van der Waals surface area contributed by atoms with Gasteiger partial charge in [-0.05, 0) is 43.9 Å². The van der Waals surface area contributed by atoms with Gasteiger partial charge < -0.3 is 10.2 Å². The van der Waals surface area contributed by atoms with E-state index in [1.165, 1.54) is 25.7 Å². The summed E-state index contributed by atoms with van der Waals surface area (Å²) in [5.41, 5.74) is 1.73. The van der Waals surface area contributed by atoms with Crippen molar-refractivity contribution < 1.29 is 0 Å². The summed E-state index contributed by atoms with van der Waals surface area (Å²) in [7, 11) is 3.95. The Morgan fingerprint density at radius 1 is 1.52 bits per heavy atom. The minimum atomic E-state index is 0. The number of hydrogen-bond donors (Lipinski definition) is 1. The zero-order chi connectivity index (χ0) is 14.2. The number of guanidine groups is 1. The van der Waals surface area contributed by atoms with Gasteiger partial charge in [-0.15, -0.1) is 35.3 Å². The van der Waals surface area contributed by atoms with Gasteiger partial charge in [0.05, 0.1) is 17.2 Å². The molecule has 6 heteroatoms. The lowest BCUT2D eigenvalue weighted by molar-refractivity contribution is 0.408. The lowest BCUT2D eigenvalue weighted by atomic mass is 10.0. The highest BCUT2D eigenvalue weighted by Gasteiger charge is 2.53. The Labute approximate surface area is 148 Å². The Kier molecular flexibility index (Phi) is 5.51. The predicted molar refractivity (Wildman–Crippen MR) is 99.5 cm³/mol. The number of nitrogens with one attached hydrogen (secondary N) is 1. The summed E-state index contributed by atoms with van der Waals surface area (Å²) in [6, 6.07) is 0. The van der Waals surface area contributed by atoms with Gasteiger partial charge >= 0.3 is 0 Å². The van der Waals surface area contributed by atoms with Crippen molar-refractivity contribution in [1.29, 1.82) is 0 Å². The topological polar surface area (TPSA) is 40.5 Å². The van der Waals surface area contributed by atoms with Gasteiger partial charge in [0, 0.05) is 26.0 Å². The fourth-order valence-electron chi connectivity index (χ4n) is 3.02. The summed E-state index contributed by atoms with van der Waals surface area (Å²) in [4.78, 5) is 11.1. The number of aryl methyl sites for hydroxylation is 1. The van der Waals surface area contributed by atoms with Crippen molar-refractivity contribution in [3.8, 4) is 0 Å². The Bertz CT molecular complexity index is 506. The molecule has 0 radical (unpaired) electrons. The number of rotatable bonds is 5. The molecular formula is C15H25IN4S. The van der Waals surface area contributed by atoms with E-state index in [2.05, 4.69) is 32.6 Å². The van der Waals surface area contributed by atoms with E-state index in [4.69, 9.17) is 0 Å². The van der Waals surface area contributed by atoms with Crippen LogP contribution in [-0.4, -0.2) is 36.5 Å². The summed E-state index contributed by atoms with van der Waals surface area (Å²) in [5.74, 6) is 1.97. The Balaban J connectivity index is 0.00000161. The Morgan fingerprint density at radius 2 is 2.24 bits per heavy atom. The number of aromatic nitrogens is 1. The lowest BCUT2D eigenvalue weighted by Crippen LogP contribution is -2.41. The van der Waals surface area contributed by atoms with Gasteiger partial charge in [0.25, 0.3) is 0 Å². The molecule has 2 aliphatic carbocycles. The first-order valence-electron chi connectivity index (χ1n) is 7.46. The summed E-state index contributed by atoms with van der Waals surface area (Å²) >= 11 is 1.71. The normalized spacial score (nSPS) is 19.9. The van der Waals surface area contributed by atoms with Crippen LogP contribution in [0.25, 0.3) is 0 Å². The van der Waals surface area contributed by atoms with Crippen LogP contribution < -0.4 is 5.32 Å². The van der Waals surface area contributed by atoms with Crippen molar-refractivity contribution in [2.45, 2.75) is 39.2 Å². The summed E-state index contributed by atoms with van der Waals surface area (Å²) in [5, 5.41) is 6.83. The number of hydrogen-bond acceptors (Lipinski definition) is 3. The quantitative estimate of drug-likeness (QED) is 0.452. The van der Waals surface area contributed by atoms with Gasteiger partial charge in [-0.1, -0.05) is 0 Å². The largest absolute Gasteiger partial charge is 0.356 e. The molecule has 3 rings (SSSR count). The first-order valence-corrected chi connectivity index (χ1v) is 8.34. The molecule has 0 aromatic carbocycles. The van der Waals surface area contributed by atoms with E-state index in [0.717, 1.165) is 35.7 Å². The summed E-state index contributed by atoms with van der Waals surface area (Å²) in [6.07, 6.45) is 5.68. The Morgan fingerprint density at radius 3 is 2.71 bits per heavy atom. The maximum absolute atomic E-state index is 4.52. The van der Waals surface area contributed by atoms with Crippen molar-refractivity contribution >= 4 is 41.3 Å². The monoisotopic (exact) mass is 420 g/mol. The fourth-order valence-corrected chi connectivity index (χ4v) is 3.63. The molecule has 0 bridgehead atoms. The van der Waals surface area contributed by atoms with E-state index >= 15 is 0 Å². The third-order valence-electron chi connectivity index (χ3n) is 4.57. The molecule has 0 atom stereocenters. The molecular weight excluding hydrogens is 395 g/mol. The summed E-state index contributed by atoms with van der Waals surface area (Å²) in [6.45, 7) is 3.96. The van der Waals surface area contributed by atoms with E-state index in [-0.39, 0.29) is 24.0 Å². The molecule has 2 aliphatic rings. The van der Waals surface area contributed by atoms with Crippen molar-refractivity contribution in [3.05, 3.63) is 16.1 Å². The zero-order valence-corrected chi connectivity index (χ0v) is 16.2. The zero-order valence-electron chi connectivity index (χ0n) is 13.1. The minimum absolute atomic E-state index is 0. The standard InChI is InChI=1S/C15H24N4S.HI/c1-11-18-13(9-20-11)8-19(3)14(16-2)17-10-15(6-7-15)12-4-5-12;/h9,12H,4-8,10H2,1-3H3,(H,16,17);1H. The van der Waals surface area contributed by atoms with Gasteiger partial charge in [0.2, 0.25) is 0 Å². The van der Waals surface area contributed by atoms with E-state index < -0.39 is 0 Å². The fraction of sp³-hybridized carbons (Fsp3) is 0.733. The van der Waals surface area contributed by atoms with Crippen LogP contribution in [0.2, 0.25) is 0 Å². The van der Waals surface area contributed by atoms with Gasteiger partial charge in [0.1, 0.15) is 0 Å². The molecule has 0 saturated heterocycles. The highest BCUT2D eigenvalue weighted by molar-refractivity contribution is 14.0. The van der Waals surface area contributed by atoms with E-state index in [1.807, 2.05) is 14.0 Å². The second kappa shape index (κ2) is 6.81. The van der Waals surface area contributed by atoms with Crippen LogP contribution in [0.1, 0.15) is 36.4 Å². The molecule has 0 amide bonds. The first kappa shape index (κ1) is 17.0. The molecule has 4 nitrogen and oxygen atoms in total. The molecule has 1 aromatic rings. The van der Waals surface area contributed by atoms with Crippen molar-refractivity contribution in [2.24, 2.45) is 16.3 Å². The number of aliphatic imine (C=N–C) groups is 1. The Hall–Kier alpha value is -0.370. The van der Waals surface area contributed by atoms with Gasteiger partial charge in [-0.25, -0.2) is 4.98 Å². The second-order valence-electron chi connectivity index (χ2n) is 6.25. The van der Waals surface area contributed by atoms with Crippen molar-refractivity contribution in [1.82, 2.24) is 15.2 Å². The van der Waals surface area contributed by atoms with E-state index in [1.54, 1.807) is 11.3 Å². The van der Waals surface area contributed by atoms with Crippen molar-refractivity contribution in [3.63, 3.8) is 0 Å². The van der Waals surface area contributed by atoms with Crippen LogP contribution in [0.15, 0.2) is 10.4 Å². The molecule has 118 valence electrons. The second-order valence-corrected chi connectivity index (χ2v) is 7.31. The van der Waals surface area contributed by atoms with Gasteiger partial charge in [-0.3, -0.25) is 4.99 Å². The molecule has 2 saturated carbocycles. The van der Waals surface area contributed by atoms with E-state index in [0.29, 0.717) is 5.41 Å². The van der Waals surface area contributed by atoms with Crippen molar-refractivity contribution in [2.75, 3.05) is 20.6 Å². The third kappa shape index (κ3) is 4.09. The maximum atomic E-state index is 4.52. The van der Waals surface area contributed by atoms with Crippen LogP contribution in [0.3, 0.4) is 0 Å². The molecule has 1 N–H and O–H groups in total. The lowest BCUT2D eigenvalue weighted by Gasteiger charge is -2.24. The smallest absolute Gasteiger partial charge is 0.193 e. The first-order chi connectivity index (χ1) is 9.63. The number of nitrogens with zero attached hydrogens (tertiary/aromatic N) is 3. The number of halogens is 1. The van der Waals surface area contributed by atoms with Gasteiger partial charge in [0.15, 0.2) is 5.96 Å². The van der Waals surface area contributed by atoms with Crippen LogP contribution in [0, 0.1) is 18.3 Å². The highest BCUT2D eigenvalue weighted by atomic mass is 127. The summed E-state index contributed by atoms with van der Waals surface area (Å²) < 4.78 is 0. The van der Waals surface area contributed by atoms with Crippen LogP contribution in [-0.2, 0) is 6.54 Å². The predicted octanol–water partition coefficient (Wildman–Crippen LogP) is 3.27. The third-order valence-corrected chi connectivity index (χ3v) is 5.40. The maximum Gasteiger partial charge on any atom is 0.193 e. The minimum Gasteiger partial charge on any atom is -0.356 e.